The molecule has 0 aliphatic heterocycles. The zero-order valence-corrected chi connectivity index (χ0v) is 11.1. The molecule has 1 aliphatic rings. The molecule has 3 N–H and O–H groups in total. The van der Waals surface area contributed by atoms with Crippen LogP contribution in [0.3, 0.4) is 0 Å². The summed E-state index contributed by atoms with van der Waals surface area (Å²) >= 11 is 0. The monoisotopic (exact) mass is 288 g/mol. The van der Waals surface area contributed by atoms with Crippen LogP contribution in [0.15, 0.2) is 24.3 Å². The Morgan fingerprint density at radius 3 is 2.60 bits per heavy atom. The first-order valence-electron chi connectivity index (χ1n) is 6.81. The van der Waals surface area contributed by atoms with E-state index in [0.717, 1.165) is 25.7 Å². The Hall–Kier alpha value is -1.43. The summed E-state index contributed by atoms with van der Waals surface area (Å²) in [5.74, 6) is 0.101. The third-order valence-electron chi connectivity index (χ3n) is 3.67. The smallest absolute Gasteiger partial charge is 0.404 e. The number of alkyl halides is 3. The molecule has 2 unspecified atom stereocenters. The van der Waals surface area contributed by atoms with Gasteiger partial charge in [0, 0.05) is 6.04 Å². The summed E-state index contributed by atoms with van der Waals surface area (Å²) in [4.78, 5) is 0. The molecule has 1 aromatic rings. The Balaban J connectivity index is 2.12. The topological polar surface area (TPSA) is 47.3 Å². The van der Waals surface area contributed by atoms with Gasteiger partial charge in [-0.25, -0.2) is 0 Å². The average molecular weight is 288 g/mol. The van der Waals surface area contributed by atoms with E-state index in [0.29, 0.717) is 18.2 Å². The van der Waals surface area contributed by atoms with Gasteiger partial charge in [-0.3, -0.25) is 0 Å². The van der Waals surface area contributed by atoms with Gasteiger partial charge in [0.05, 0.1) is 5.69 Å². The van der Waals surface area contributed by atoms with Crippen LogP contribution in [0.4, 0.5) is 18.9 Å². The van der Waals surface area contributed by atoms with Crippen LogP contribution >= 0.6 is 0 Å². The predicted molar refractivity (Wildman–Crippen MR) is 71.5 cm³/mol. The van der Waals surface area contributed by atoms with Gasteiger partial charge in [-0.15, -0.1) is 13.2 Å². The summed E-state index contributed by atoms with van der Waals surface area (Å²) in [6.07, 6.45) is -0.562. The van der Waals surface area contributed by atoms with Crippen molar-refractivity contribution in [2.24, 2.45) is 11.7 Å². The number of ether oxygens (including phenoxy) is 1. The van der Waals surface area contributed by atoms with Gasteiger partial charge in [-0.2, -0.15) is 0 Å². The van der Waals surface area contributed by atoms with E-state index in [-0.39, 0.29) is 11.8 Å². The fourth-order valence-corrected chi connectivity index (χ4v) is 2.68. The number of rotatable bonds is 4. The van der Waals surface area contributed by atoms with E-state index in [4.69, 9.17) is 5.73 Å². The second-order valence-electron chi connectivity index (χ2n) is 5.08. The van der Waals surface area contributed by atoms with E-state index in [1.165, 1.54) is 12.1 Å². The molecule has 0 radical (unpaired) electrons. The van der Waals surface area contributed by atoms with Gasteiger partial charge in [0.1, 0.15) is 0 Å². The number of anilines is 1. The zero-order valence-electron chi connectivity index (χ0n) is 11.1. The largest absolute Gasteiger partial charge is 0.573 e. The minimum Gasteiger partial charge on any atom is -0.404 e. The summed E-state index contributed by atoms with van der Waals surface area (Å²) in [5, 5.41) is 3.17. The molecule has 1 aliphatic carbocycles. The Kier molecular flexibility index (Phi) is 4.75. The molecule has 6 heteroatoms. The average Bonchev–Trinajstić information content (AvgIpc) is 2.40. The van der Waals surface area contributed by atoms with Crippen LogP contribution < -0.4 is 15.8 Å². The molecule has 20 heavy (non-hydrogen) atoms. The summed E-state index contributed by atoms with van der Waals surface area (Å²) in [5.41, 5.74) is 6.11. The molecule has 0 saturated heterocycles. The predicted octanol–water partition coefficient (Wildman–Crippen LogP) is 3.51. The van der Waals surface area contributed by atoms with E-state index in [2.05, 4.69) is 10.1 Å². The van der Waals surface area contributed by atoms with Crippen molar-refractivity contribution in [1.29, 1.82) is 0 Å². The molecular formula is C14H19F3N2O. The molecule has 2 rings (SSSR count). The van der Waals surface area contributed by atoms with Crippen molar-refractivity contribution in [3.8, 4) is 5.75 Å². The number of nitrogens with two attached hydrogens (primary N) is 1. The molecule has 0 heterocycles. The maximum Gasteiger partial charge on any atom is 0.573 e. The normalized spacial score (nSPS) is 23.4. The van der Waals surface area contributed by atoms with Crippen LogP contribution in [0.25, 0.3) is 0 Å². The quantitative estimate of drug-likeness (QED) is 0.891. The lowest BCUT2D eigenvalue weighted by atomic mass is 9.84. The Morgan fingerprint density at radius 2 is 1.90 bits per heavy atom. The number of halogens is 3. The lowest BCUT2D eigenvalue weighted by Gasteiger charge is -2.32. The second-order valence-corrected chi connectivity index (χ2v) is 5.08. The maximum absolute atomic E-state index is 12.4. The number of nitrogens with one attached hydrogen (secondary N) is 1. The first-order valence-corrected chi connectivity index (χ1v) is 6.81. The van der Waals surface area contributed by atoms with Crippen LogP contribution in [-0.2, 0) is 0 Å². The molecule has 0 bridgehead atoms. The maximum atomic E-state index is 12.4. The van der Waals surface area contributed by atoms with E-state index < -0.39 is 6.36 Å². The molecule has 0 spiro atoms. The fraction of sp³-hybridized carbons (Fsp3) is 0.571. The van der Waals surface area contributed by atoms with Crippen molar-refractivity contribution < 1.29 is 17.9 Å². The number of para-hydroxylation sites is 2. The van der Waals surface area contributed by atoms with Crippen LogP contribution in [0.2, 0.25) is 0 Å². The summed E-state index contributed by atoms with van der Waals surface area (Å²) in [6.45, 7) is 0.542. The summed E-state index contributed by atoms with van der Waals surface area (Å²) in [7, 11) is 0. The van der Waals surface area contributed by atoms with Crippen molar-refractivity contribution in [1.82, 2.24) is 0 Å². The first-order chi connectivity index (χ1) is 9.49. The van der Waals surface area contributed by atoms with Crippen molar-refractivity contribution in [3.05, 3.63) is 24.3 Å². The highest BCUT2D eigenvalue weighted by atomic mass is 19.4. The van der Waals surface area contributed by atoms with E-state index in [1.807, 2.05) is 0 Å². The Labute approximate surface area is 116 Å². The SMILES string of the molecule is NCC1CCCCC1Nc1ccccc1OC(F)(F)F. The highest BCUT2D eigenvalue weighted by molar-refractivity contribution is 5.57. The lowest BCUT2D eigenvalue weighted by Crippen LogP contribution is -2.36. The molecule has 2 atom stereocenters. The number of hydrogen-bond donors (Lipinski definition) is 2. The van der Waals surface area contributed by atoms with Gasteiger partial charge in [0.25, 0.3) is 0 Å². The molecule has 1 aromatic carbocycles. The Bertz CT molecular complexity index is 437. The highest BCUT2D eigenvalue weighted by Crippen LogP contribution is 2.33. The van der Waals surface area contributed by atoms with E-state index >= 15 is 0 Å². The third kappa shape index (κ3) is 4.03. The van der Waals surface area contributed by atoms with Crippen molar-refractivity contribution in [2.75, 3.05) is 11.9 Å². The van der Waals surface area contributed by atoms with Gasteiger partial charge in [-0.1, -0.05) is 25.0 Å². The number of benzene rings is 1. The highest BCUT2D eigenvalue weighted by Gasteiger charge is 2.32. The number of hydrogen-bond acceptors (Lipinski definition) is 3. The summed E-state index contributed by atoms with van der Waals surface area (Å²) < 4.78 is 41.2. The lowest BCUT2D eigenvalue weighted by molar-refractivity contribution is -0.274. The fourth-order valence-electron chi connectivity index (χ4n) is 2.68. The van der Waals surface area contributed by atoms with Crippen molar-refractivity contribution in [3.63, 3.8) is 0 Å². The molecule has 0 aromatic heterocycles. The molecule has 0 amide bonds. The minimum absolute atomic E-state index is 0.103. The summed E-state index contributed by atoms with van der Waals surface area (Å²) in [6, 6.07) is 6.23. The standard InChI is InChI=1S/C14H19F3N2O/c15-14(16,17)20-13-8-4-3-7-12(13)19-11-6-2-1-5-10(11)9-18/h3-4,7-8,10-11,19H,1-2,5-6,9,18H2. The molecule has 1 saturated carbocycles. The van der Waals surface area contributed by atoms with Crippen LogP contribution in [0.1, 0.15) is 25.7 Å². The van der Waals surface area contributed by atoms with Gasteiger partial charge >= 0.3 is 6.36 Å². The third-order valence-corrected chi connectivity index (χ3v) is 3.67. The first kappa shape index (κ1) is 15.0. The van der Waals surface area contributed by atoms with Gasteiger partial charge < -0.3 is 15.8 Å². The van der Waals surface area contributed by atoms with Crippen LogP contribution in [-0.4, -0.2) is 18.9 Å². The van der Waals surface area contributed by atoms with E-state index in [9.17, 15) is 13.2 Å². The second kappa shape index (κ2) is 6.35. The van der Waals surface area contributed by atoms with Crippen LogP contribution in [0.5, 0.6) is 5.75 Å². The minimum atomic E-state index is -4.68. The molecule has 1 fully saturated rings. The van der Waals surface area contributed by atoms with Crippen molar-refractivity contribution >= 4 is 5.69 Å². The van der Waals surface area contributed by atoms with Crippen molar-refractivity contribution in [2.45, 2.75) is 38.1 Å². The molecular weight excluding hydrogens is 269 g/mol. The van der Waals surface area contributed by atoms with E-state index in [1.54, 1.807) is 12.1 Å². The van der Waals surface area contributed by atoms with Crippen LogP contribution in [0, 0.1) is 5.92 Å². The van der Waals surface area contributed by atoms with Gasteiger partial charge in [0.2, 0.25) is 0 Å². The van der Waals surface area contributed by atoms with Gasteiger partial charge in [-0.05, 0) is 37.4 Å². The Morgan fingerprint density at radius 1 is 1.20 bits per heavy atom. The van der Waals surface area contributed by atoms with Gasteiger partial charge in [0.15, 0.2) is 5.75 Å². The molecule has 112 valence electrons. The molecule has 3 nitrogen and oxygen atoms in total. The zero-order chi connectivity index (χ0) is 14.6.